The highest BCUT2D eigenvalue weighted by Crippen LogP contribution is 2.04. The second-order valence-electron chi connectivity index (χ2n) is 2.95. The van der Waals surface area contributed by atoms with E-state index in [1.807, 2.05) is 0 Å². The molecular weight excluding hydrogens is 214 g/mol. The number of hydrogen-bond donors (Lipinski definition) is 2. The minimum absolute atomic E-state index is 0.0885. The maximum Gasteiger partial charge on any atom is 0.312 e. The monoisotopic (exact) mass is 224 g/mol. The molecule has 0 aromatic heterocycles. The van der Waals surface area contributed by atoms with Gasteiger partial charge in [0.15, 0.2) is 0 Å². The predicted octanol–water partition coefficient (Wildman–Crippen LogP) is 2.19. The number of alkyl halides is 2. The number of halogens is 2. The molecule has 1 aromatic carbocycles. The summed E-state index contributed by atoms with van der Waals surface area (Å²) in [6.45, 7) is -2.64. The van der Waals surface area contributed by atoms with E-state index < -0.39 is 6.55 Å². The molecule has 0 saturated heterocycles. The molecule has 0 heterocycles. The number of nitrogens with one attached hydrogen (secondary N) is 2. The van der Waals surface area contributed by atoms with Crippen LogP contribution in [-0.4, -0.2) is 18.5 Å². The molecule has 0 amide bonds. The summed E-state index contributed by atoms with van der Waals surface area (Å²) in [7, 11) is 0. The van der Waals surface area contributed by atoms with E-state index in [1.54, 1.807) is 29.6 Å². The molecular formula is C11H10F2N2O. The highest BCUT2D eigenvalue weighted by atomic mass is 19.3. The quantitative estimate of drug-likeness (QED) is 0.457. The molecule has 5 heteroatoms. The Hall–Kier alpha value is -2.04. The van der Waals surface area contributed by atoms with Crippen LogP contribution < -0.4 is 5.32 Å². The summed E-state index contributed by atoms with van der Waals surface area (Å²) in [4.78, 5) is 10.4. The first-order valence-corrected chi connectivity index (χ1v) is 4.48. The fraction of sp³-hybridized carbons (Fsp3) is 0.0909. The van der Waals surface area contributed by atoms with E-state index in [9.17, 15) is 13.6 Å². The van der Waals surface area contributed by atoms with E-state index in [0.717, 1.165) is 6.20 Å². The highest BCUT2D eigenvalue weighted by Gasteiger charge is 1.98. The van der Waals surface area contributed by atoms with Gasteiger partial charge in [0.2, 0.25) is 0 Å². The lowest BCUT2D eigenvalue weighted by Crippen LogP contribution is -2.12. The second-order valence-corrected chi connectivity index (χ2v) is 2.95. The minimum atomic E-state index is -2.64. The molecule has 0 fully saturated rings. The van der Waals surface area contributed by atoms with Crippen molar-refractivity contribution in [1.82, 2.24) is 5.32 Å². The number of rotatable bonds is 5. The van der Waals surface area contributed by atoms with Gasteiger partial charge in [0, 0.05) is 11.8 Å². The molecule has 1 aromatic rings. The SMILES string of the molecule is N=C(/C=C\NC(F)F)c1ccc(C=O)cc1. The summed E-state index contributed by atoms with van der Waals surface area (Å²) in [5, 5.41) is 9.30. The van der Waals surface area contributed by atoms with Crippen molar-refractivity contribution in [3.05, 3.63) is 47.7 Å². The fourth-order valence-electron chi connectivity index (χ4n) is 1.04. The van der Waals surface area contributed by atoms with Gasteiger partial charge in [-0.3, -0.25) is 4.79 Å². The van der Waals surface area contributed by atoms with Gasteiger partial charge in [-0.2, -0.15) is 8.78 Å². The summed E-state index contributed by atoms with van der Waals surface area (Å²) in [6, 6.07) is 6.29. The van der Waals surface area contributed by atoms with Gasteiger partial charge in [-0.1, -0.05) is 24.3 Å². The van der Waals surface area contributed by atoms with E-state index in [0.29, 0.717) is 17.4 Å². The van der Waals surface area contributed by atoms with Crippen LogP contribution >= 0.6 is 0 Å². The summed E-state index contributed by atoms with van der Waals surface area (Å²) >= 11 is 0. The average Bonchev–Trinajstić information content (AvgIpc) is 2.28. The van der Waals surface area contributed by atoms with E-state index in [-0.39, 0.29) is 5.71 Å². The number of carbonyl (C=O) groups excluding carboxylic acids is 1. The summed E-state index contributed by atoms with van der Waals surface area (Å²) in [5.74, 6) is 0. The van der Waals surface area contributed by atoms with Crippen LogP contribution in [0.25, 0.3) is 0 Å². The molecule has 0 aliphatic heterocycles. The third-order valence-corrected chi connectivity index (χ3v) is 1.83. The molecule has 1 rings (SSSR count). The summed E-state index contributed by atoms with van der Waals surface area (Å²) in [5.41, 5.74) is 1.15. The first kappa shape index (κ1) is 12.0. The average molecular weight is 224 g/mol. The molecule has 0 aliphatic carbocycles. The third-order valence-electron chi connectivity index (χ3n) is 1.83. The molecule has 16 heavy (non-hydrogen) atoms. The molecule has 0 atom stereocenters. The molecule has 0 unspecified atom stereocenters. The number of benzene rings is 1. The van der Waals surface area contributed by atoms with Crippen LogP contribution in [0.5, 0.6) is 0 Å². The van der Waals surface area contributed by atoms with Crippen LogP contribution in [0.1, 0.15) is 15.9 Å². The van der Waals surface area contributed by atoms with Crippen LogP contribution in [0.2, 0.25) is 0 Å². The Balaban J connectivity index is 2.66. The smallest absolute Gasteiger partial charge is 0.312 e. The zero-order valence-electron chi connectivity index (χ0n) is 8.28. The van der Waals surface area contributed by atoms with Crippen molar-refractivity contribution in [3.63, 3.8) is 0 Å². The van der Waals surface area contributed by atoms with Gasteiger partial charge in [0.25, 0.3) is 0 Å². The third kappa shape index (κ3) is 3.61. The van der Waals surface area contributed by atoms with Crippen molar-refractivity contribution in [2.24, 2.45) is 0 Å². The van der Waals surface area contributed by atoms with Crippen molar-refractivity contribution in [1.29, 1.82) is 5.41 Å². The van der Waals surface area contributed by atoms with Gasteiger partial charge in [0.1, 0.15) is 6.29 Å². The Morgan fingerprint density at radius 2 is 1.94 bits per heavy atom. The number of hydrogen-bond acceptors (Lipinski definition) is 3. The molecule has 0 spiro atoms. The molecule has 84 valence electrons. The highest BCUT2D eigenvalue weighted by molar-refractivity contribution is 6.06. The zero-order chi connectivity index (χ0) is 12.0. The van der Waals surface area contributed by atoms with Gasteiger partial charge < -0.3 is 10.7 Å². The van der Waals surface area contributed by atoms with Gasteiger partial charge in [0.05, 0.1) is 5.71 Å². The molecule has 0 saturated carbocycles. The maximum absolute atomic E-state index is 11.7. The first-order valence-electron chi connectivity index (χ1n) is 4.48. The topological polar surface area (TPSA) is 53.0 Å². The Bertz CT molecular complexity index is 399. The van der Waals surface area contributed by atoms with Gasteiger partial charge in [-0.15, -0.1) is 0 Å². The lowest BCUT2D eigenvalue weighted by molar-refractivity contribution is 0.112. The lowest BCUT2D eigenvalue weighted by atomic mass is 10.1. The molecule has 3 nitrogen and oxygen atoms in total. The lowest BCUT2D eigenvalue weighted by Gasteiger charge is -2.00. The number of allylic oxidation sites excluding steroid dienone is 1. The normalized spacial score (nSPS) is 10.7. The maximum atomic E-state index is 11.7. The second kappa shape index (κ2) is 5.75. The van der Waals surface area contributed by atoms with Crippen LogP contribution in [0.15, 0.2) is 36.5 Å². The Morgan fingerprint density at radius 3 is 2.44 bits per heavy atom. The van der Waals surface area contributed by atoms with Crippen molar-refractivity contribution in [2.75, 3.05) is 0 Å². The number of carbonyl (C=O) groups is 1. The summed E-state index contributed by atoms with van der Waals surface area (Å²) in [6.07, 6.45) is 2.93. The van der Waals surface area contributed by atoms with Crippen LogP contribution in [-0.2, 0) is 0 Å². The van der Waals surface area contributed by atoms with Gasteiger partial charge in [-0.05, 0) is 11.6 Å². The van der Waals surface area contributed by atoms with Crippen molar-refractivity contribution in [2.45, 2.75) is 6.55 Å². The van der Waals surface area contributed by atoms with Gasteiger partial charge in [-0.25, -0.2) is 0 Å². The van der Waals surface area contributed by atoms with Crippen LogP contribution in [0, 0.1) is 5.41 Å². The largest absolute Gasteiger partial charge is 0.336 e. The van der Waals surface area contributed by atoms with Crippen molar-refractivity contribution < 1.29 is 13.6 Å². The zero-order valence-corrected chi connectivity index (χ0v) is 8.28. The Labute approximate surface area is 91.3 Å². The van der Waals surface area contributed by atoms with Crippen LogP contribution in [0.4, 0.5) is 8.78 Å². The van der Waals surface area contributed by atoms with E-state index in [1.165, 1.54) is 6.08 Å². The predicted molar refractivity (Wildman–Crippen MR) is 56.9 cm³/mol. The standard InChI is InChI=1S/C11H10F2N2O/c12-11(13)15-6-5-10(14)9-3-1-8(7-16)2-4-9/h1-7,11,14-15H/b6-5-,14-10?. The van der Waals surface area contributed by atoms with E-state index >= 15 is 0 Å². The van der Waals surface area contributed by atoms with Crippen molar-refractivity contribution >= 4 is 12.0 Å². The summed E-state index contributed by atoms with van der Waals surface area (Å²) < 4.78 is 23.4. The van der Waals surface area contributed by atoms with Crippen molar-refractivity contribution in [3.8, 4) is 0 Å². The van der Waals surface area contributed by atoms with E-state index in [4.69, 9.17) is 5.41 Å². The Kier molecular flexibility index (Phi) is 4.32. The molecule has 0 radical (unpaired) electrons. The minimum Gasteiger partial charge on any atom is -0.336 e. The number of aldehydes is 1. The Morgan fingerprint density at radius 1 is 1.31 bits per heavy atom. The van der Waals surface area contributed by atoms with Crippen LogP contribution in [0.3, 0.4) is 0 Å². The molecule has 0 aliphatic rings. The molecule has 0 bridgehead atoms. The molecule has 2 N–H and O–H groups in total. The van der Waals surface area contributed by atoms with E-state index in [2.05, 4.69) is 0 Å². The van der Waals surface area contributed by atoms with Gasteiger partial charge >= 0.3 is 6.55 Å². The first-order chi connectivity index (χ1) is 7.63. The fourth-order valence-corrected chi connectivity index (χ4v) is 1.04.